The van der Waals surface area contributed by atoms with Gasteiger partial charge in [0, 0.05) is 11.2 Å². The topological polar surface area (TPSA) is 50.9 Å². The molecular formula is C14H16ClN3. The molecule has 1 heterocycles. The maximum absolute atomic E-state index is 5.89. The van der Waals surface area contributed by atoms with Gasteiger partial charge < -0.3 is 0 Å². The molecule has 3 nitrogen and oxygen atoms in total. The Kier molecular flexibility index (Phi) is 3.97. The maximum atomic E-state index is 5.89. The number of hydrazine groups is 1. The molecular weight excluding hydrogens is 246 g/mol. The Morgan fingerprint density at radius 1 is 1.22 bits per heavy atom. The SMILES string of the molecule is Cc1cnc(C(NN)c2ccc(Cl)cc2)c(C)c1. The van der Waals surface area contributed by atoms with Crippen molar-refractivity contribution in [3.8, 4) is 0 Å². The third kappa shape index (κ3) is 2.70. The van der Waals surface area contributed by atoms with Crippen molar-refractivity contribution in [2.45, 2.75) is 19.9 Å². The molecule has 0 radical (unpaired) electrons. The minimum atomic E-state index is -0.122. The summed E-state index contributed by atoms with van der Waals surface area (Å²) in [6, 6.07) is 9.59. The number of benzene rings is 1. The van der Waals surface area contributed by atoms with Gasteiger partial charge in [-0.2, -0.15) is 0 Å². The van der Waals surface area contributed by atoms with E-state index >= 15 is 0 Å². The third-order valence-electron chi connectivity index (χ3n) is 2.90. The third-order valence-corrected chi connectivity index (χ3v) is 3.15. The van der Waals surface area contributed by atoms with Crippen molar-refractivity contribution in [3.63, 3.8) is 0 Å². The summed E-state index contributed by atoms with van der Waals surface area (Å²) in [6.07, 6.45) is 1.85. The van der Waals surface area contributed by atoms with Gasteiger partial charge in [0.1, 0.15) is 0 Å². The number of rotatable bonds is 3. The van der Waals surface area contributed by atoms with E-state index in [9.17, 15) is 0 Å². The van der Waals surface area contributed by atoms with E-state index in [-0.39, 0.29) is 6.04 Å². The van der Waals surface area contributed by atoms with Crippen LogP contribution in [0.4, 0.5) is 0 Å². The summed E-state index contributed by atoms with van der Waals surface area (Å²) >= 11 is 5.89. The Morgan fingerprint density at radius 2 is 1.89 bits per heavy atom. The quantitative estimate of drug-likeness (QED) is 0.660. The molecule has 0 fully saturated rings. The highest BCUT2D eigenvalue weighted by molar-refractivity contribution is 6.30. The van der Waals surface area contributed by atoms with E-state index in [2.05, 4.69) is 16.5 Å². The van der Waals surface area contributed by atoms with E-state index in [0.29, 0.717) is 5.02 Å². The molecule has 0 aliphatic carbocycles. The fraction of sp³-hybridized carbons (Fsp3) is 0.214. The predicted molar refractivity (Wildman–Crippen MR) is 74.3 cm³/mol. The molecule has 18 heavy (non-hydrogen) atoms. The van der Waals surface area contributed by atoms with Gasteiger partial charge in [0.05, 0.1) is 11.7 Å². The number of aryl methyl sites for hydroxylation is 2. The van der Waals surface area contributed by atoms with Crippen LogP contribution in [0, 0.1) is 13.8 Å². The van der Waals surface area contributed by atoms with Gasteiger partial charge in [-0.15, -0.1) is 0 Å². The smallest absolute Gasteiger partial charge is 0.0884 e. The Hall–Kier alpha value is -1.42. The highest BCUT2D eigenvalue weighted by atomic mass is 35.5. The first-order chi connectivity index (χ1) is 8.61. The number of pyridine rings is 1. The van der Waals surface area contributed by atoms with Crippen molar-refractivity contribution in [2.24, 2.45) is 5.84 Å². The molecule has 0 spiro atoms. The minimum absolute atomic E-state index is 0.122. The average molecular weight is 262 g/mol. The minimum Gasteiger partial charge on any atom is -0.271 e. The van der Waals surface area contributed by atoms with Crippen molar-refractivity contribution in [1.82, 2.24) is 10.4 Å². The highest BCUT2D eigenvalue weighted by Gasteiger charge is 2.15. The molecule has 0 amide bonds. The van der Waals surface area contributed by atoms with E-state index in [1.165, 1.54) is 0 Å². The number of aromatic nitrogens is 1. The van der Waals surface area contributed by atoms with Crippen molar-refractivity contribution < 1.29 is 0 Å². The lowest BCUT2D eigenvalue weighted by Gasteiger charge is -2.18. The van der Waals surface area contributed by atoms with Gasteiger partial charge in [-0.05, 0) is 42.7 Å². The largest absolute Gasteiger partial charge is 0.271 e. The van der Waals surface area contributed by atoms with Crippen molar-refractivity contribution in [1.29, 1.82) is 0 Å². The van der Waals surface area contributed by atoms with Crippen LogP contribution in [0.15, 0.2) is 36.5 Å². The molecule has 0 aliphatic heterocycles. The fourth-order valence-electron chi connectivity index (χ4n) is 2.02. The first-order valence-electron chi connectivity index (χ1n) is 5.76. The van der Waals surface area contributed by atoms with Gasteiger partial charge in [-0.1, -0.05) is 29.8 Å². The number of nitrogens with two attached hydrogens (primary N) is 1. The lowest BCUT2D eigenvalue weighted by molar-refractivity contribution is 0.616. The van der Waals surface area contributed by atoms with Gasteiger partial charge in [-0.25, -0.2) is 5.43 Å². The van der Waals surface area contributed by atoms with Crippen LogP contribution in [-0.2, 0) is 0 Å². The number of nitrogens with zero attached hydrogens (tertiary/aromatic N) is 1. The van der Waals surface area contributed by atoms with Crippen LogP contribution >= 0.6 is 11.6 Å². The molecule has 1 unspecified atom stereocenters. The van der Waals surface area contributed by atoms with Crippen molar-refractivity contribution >= 4 is 11.6 Å². The van der Waals surface area contributed by atoms with Crippen molar-refractivity contribution in [3.05, 3.63) is 63.9 Å². The van der Waals surface area contributed by atoms with Crippen molar-refractivity contribution in [2.75, 3.05) is 0 Å². The van der Waals surface area contributed by atoms with Crippen LogP contribution < -0.4 is 11.3 Å². The predicted octanol–water partition coefficient (Wildman–Crippen LogP) is 2.90. The summed E-state index contributed by atoms with van der Waals surface area (Å²) in [7, 11) is 0. The van der Waals surface area contributed by atoms with Crippen LogP contribution in [0.2, 0.25) is 5.02 Å². The second-order valence-corrected chi connectivity index (χ2v) is 4.80. The number of halogens is 1. The van der Waals surface area contributed by atoms with Crippen LogP contribution in [0.5, 0.6) is 0 Å². The molecule has 2 aromatic rings. The first-order valence-corrected chi connectivity index (χ1v) is 6.14. The molecule has 4 heteroatoms. The summed E-state index contributed by atoms with van der Waals surface area (Å²) in [5, 5.41) is 0.711. The number of hydrogen-bond donors (Lipinski definition) is 2. The average Bonchev–Trinajstić information content (AvgIpc) is 2.35. The van der Waals surface area contributed by atoms with Crippen LogP contribution in [0.3, 0.4) is 0 Å². The number of nitrogens with one attached hydrogen (secondary N) is 1. The molecule has 0 saturated carbocycles. The van der Waals surface area contributed by atoms with Crippen LogP contribution in [-0.4, -0.2) is 4.98 Å². The Morgan fingerprint density at radius 3 is 2.44 bits per heavy atom. The maximum Gasteiger partial charge on any atom is 0.0884 e. The van der Waals surface area contributed by atoms with Gasteiger partial charge >= 0.3 is 0 Å². The highest BCUT2D eigenvalue weighted by Crippen LogP contribution is 2.24. The molecule has 94 valence electrons. The zero-order valence-corrected chi connectivity index (χ0v) is 11.2. The monoisotopic (exact) mass is 261 g/mol. The Bertz CT molecular complexity index is 537. The van der Waals surface area contributed by atoms with E-state index in [1.807, 2.05) is 44.3 Å². The summed E-state index contributed by atoms with van der Waals surface area (Å²) in [4.78, 5) is 4.47. The van der Waals surface area contributed by atoms with Gasteiger partial charge in [0.2, 0.25) is 0 Å². The van der Waals surface area contributed by atoms with Gasteiger partial charge in [-0.3, -0.25) is 10.8 Å². The second kappa shape index (κ2) is 5.48. The summed E-state index contributed by atoms with van der Waals surface area (Å²) < 4.78 is 0. The van der Waals surface area contributed by atoms with E-state index < -0.39 is 0 Å². The summed E-state index contributed by atoms with van der Waals surface area (Å²) in [6.45, 7) is 4.06. The number of hydrogen-bond acceptors (Lipinski definition) is 3. The van der Waals surface area contributed by atoms with E-state index in [0.717, 1.165) is 22.4 Å². The zero-order chi connectivity index (χ0) is 13.1. The normalized spacial score (nSPS) is 12.4. The van der Waals surface area contributed by atoms with Crippen LogP contribution in [0.1, 0.15) is 28.4 Å². The van der Waals surface area contributed by atoms with Gasteiger partial charge in [0.15, 0.2) is 0 Å². The lowest BCUT2D eigenvalue weighted by Crippen LogP contribution is -2.30. The molecule has 1 aromatic heterocycles. The van der Waals surface area contributed by atoms with Crippen LogP contribution in [0.25, 0.3) is 0 Å². The van der Waals surface area contributed by atoms with Gasteiger partial charge in [0.25, 0.3) is 0 Å². The molecule has 0 aliphatic rings. The molecule has 1 atom stereocenters. The Balaban J connectivity index is 2.41. The first kappa shape index (κ1) is 13.0. The fourth-order valence-corrected chi connectivity index (χ4v) is 2.14. The molecule has 3 N–H and O–H groups in total. The molecule has 0 saturated heterocycles. The summed E-state index contributed by atoms with van der Waals surface area (Å²) in [5.74, 6) is 5.66. The lowest BCUT2D eigenvalue weighted by atomic mass is 10.00. The van der Waals surface area contributed by atoms with E-state index in [1.54, 1.807) is 0 Å². The molecule has 1 aromatic carbocycles. The second-order valence-electron chi connectivity index (χ2n) is 4.37. The Labute approximate surface area is 112 Å². The molecule has 0 bridgehead atoms. The zero-order valence-electron chi connectivity index (χ0n) is 10.4. The van der Waals surface area contributed by atoms with E-state index in [4.69, 9.17) is 17.4 Å². The standard InChI is InChI=1S/C14H16ClN3/c1-9-7-10(2)13(17-8-9)14(18-16)11-3-5-12(15)6-4-11/h3-8,14,18H,16H2,1-2H3. The molecule has 2 rings (SSSR count). The summed E-state index contributed by atoms with van der Waals surface area (Å²) in [5.41, 5.74) is 7.05.